The Kier molecular flexibility index (Phi) is 5.48. The van der Waals surface area contributed by atoms with E-state index in [-0.39, 0.29) is 0 Å². The summed E-state index contributed by atoms with van der Waals surface area (Å²) >= 11 is 0. The molecule has 4 nitrogen and oxygen atoms in total. The van der Waals surface area contributed by atoms with Crippen molar-refractivity contribution in [2.75, 3.05) is 25.1 Å². The van der Waals surface area contributed by atoms with E-state index in [1.54, 1.807) is 7.11 Å². The average molecular weight is 311 g/mol. The zero-order valence-electron chi connectivity index (χ0n) is 13.8. The summed E-state index contributed by atoms with van der Waals surface area (Å²) in [6.07, 6.45) is 5.88. The molecule has 0 amide bonds. The van der Waals surface area contributed by atoms with Gasteiger partial charge in [-0.2, -0.15) is 0 Å². The predicted octanol–water partition coefficient (Wildman–Crippen LogP) is 3.37. The molecule has 0 saturated carbocycles. The van der Waals surface area contributed by atoms with Gasteiger partial charge in [-0.1, -0.05) is 12.1 Å². The van der Waals surface area contributed by atoms with Gasteiger partial charge in [0, 0.05) is 38.1 Å². The number of ether oxygens (including phenoxy) is 1. The Bertz CT molecular complexity index is 606. The Balaban J connectivity index is 1.53. The van der Waals surface area contributed by atoms with Crippen molar-refractivity contribution in [2.24, 2.45) is 0 Å². The number of piperidine rings is 1. The number of aromatic nitrogens is 1. The highest BCUT2D eigenvalue weighted by molar-refractivity contribution is 5.46. The Morgan fingerprint density at radius 2 is 1.83 bits per heavy atom. The fourth-order valence-corrected chi connectivity index (χ4v) is 2.99. The van der Waals surface area contributed by atoms with Crippen molar-refractivity contribution in [3.63, 3.8) is 0 Å². The number of benzene rings is 1. The van der Waals surface area contributed by atoms with Crippen molar-refractivity contribution in [1.82, 2.24) is 10.3 Å². The molecule has 1 aromatic carbocycles. The van der Waals surface area contributed by atoms with Crippen LogP contribution in [0.4, 0.5) is 5.69 Å². The zero-order valence-corrected chi connectivity index (χ0v) is 13.8. The molecule has 1 N–H and O–H groups in total. The summed E-state index contributed by atoms with van der Waals surface area (Å²) in [4.78, 5) is 6.95. The van der Waals surface area contributed by atoms with Gasteiger partial charge in [-0.3, -0.25) is 4.98 Å². The van der Waals surface area contributed by atoms with E-state index in [0.717, 1.165) is 24.5 Å². The molecule has 1 aliphatic heterocycles. The van der Waals surface area contributed by atoms with Crippen LogP contribution in [-0.2, 0) is 13.1 Å². The monoisotopic (exact) mass is 311 g/mol. The molecule has 0 unspecified atom stereocenters. The van der Waals surface area contributed by atoms with E-state index in [2.05, 4.69) is 39.5 Å². The van der Waals surface area contributed by atoms with Crippen LogP contribution in [0.3, 0.4) is 0 Å². The van der Waals surface area contributed by atoms with Crippen molar-refractivity contribution < 1.29 is 4.74 Å². The van der Waals surface area contributed by atoms with Crippen LogP contribution in [-0.4, -0.2) is 25.2 Å². The molecule has 0 atom stereocenters. The van der Waals surface area contributed by atoms with Gasteiger partial charge >= 0.3 is 0 Å². The van der Waals surface area contributed by atoms with Crippen LogP contribution in [0.1, 0.15) is 30.5 Å². The van der Waals surface area contributed by atoms with E-state index >= 15 is 0 Å². The molecule has 0 spiro atoms. The summed E-state index contributed by atoms with van der Waals surface area (Å²) in [6.45, 7) is 3.96. The van der Waals surface area contributed by atoms with Gasteiger partial charge < -0.3 is 15.0 Å². The minimum absolute atomic E-state index is 0.785. The largest absolute Gasteiger partial charge is 0.497 e. The Morgan fingerprint density at radius 3 is 2.57 bits per heavy atom. The molecular weight excluding hydrogens is 286 g/mol. The van der Waals surface area contributed by atoms with Crippen molar-refractivity contribution in [3.8, 4) is 5.75 Å². The van der Waals surface area contributed by atoms with E-state index in [1.807, 2.05) is 18.3 Å². The molecular formula is C19H25N3O. The average Bonchev–Trinajstić information content (AvgIpc) is 2.63. The van der Waals surface area contributed by atoms with Gasteiger partial charge in [0.05, 0.1) is 12.8 Å². The van der Waals surface area contributed by atoms with E-state index in [9.17, 15) is 0 Å². The van der Waals surface area contributed by atoms with Crippen LogP contribution in [0.15, 0.2) is 42.6 Å². The van der Waals surface area contributed by atoms with Crippen molar-refractivity contribution in [1.29, 1.82) is 0 Å². The third-order valence-electron chi connectivity index (χ3n) is 4.32. The van der Waals surface area contributed by atoms with Crippen LogP contribution in [0.25, 0.3) is 0 Å². The normalized spacial score (nSPS) is 14.7. The molecule has 3 rings (SSSR count). The van der Waals surface area contributed by atoms with Gasteiger partial charge in [0.15, 0.2) is 0 Å². The molecule has 1 aromatic heterocycles. The third-order valence-corrected chi connectivity index (χ3v) is 4.32. The Labute approximate surface area is 138 Å². The number of rotatable bonds is 6. The molecule has 2 heterocycles. The molecule has 1 fully saturated rings. The molecule has 0 aliphatic carbocycles. The lowest BCUT2D eigenvalue weighted by molar-refractivity contribution is 0.414. The number of hydrogen-bond donors (Lipinski definition) is 1. The summed E-state index contributed by atoms with van der Waals surface area (Å²) in [5, 5.41) is 3.46. The maximum absolute atomic E-state index is 5.18. The number of pyridine rings is 1. The molecule has 2 aromatic rings. The minimum Gasteiger partial charge on any atom is -0.497 e. The number of methoxy groups -OCH3 is 1. The Morgan fingerprint density at radius 1 is 1.04 bits per heavy atom. The summed E-state index contributed by atoms with van der Waals surface area (Å²) in [5.74, 6) is 0.893. The summed E-state index contributed by atoms with van der Waals surface area (Å²) in [5.41, 5.74) is 3.65. The fourth-order valence-electron chi connectivity index (χ4n) is 2.99. The first-order valence-electron chi connectivity index (χ1n) is 8.39. The fraction of sp³-hybridized carbons (Fsp3) is 0.421. The number of nitrogens with one attached hydrogen (secondary N) is 1. The first kappa shape index (κ1) is 15.8. The second kappa shape index (κ2) is 7.97. The molecule has 122 valence electrons. The lowest BCUT2D eigenvalue weighted by atomic mass is 10.1. The summed E-state index contributed by atoms with van der Waals surface area (Å²) in [6, 6.07) is 12.5. The topological polar surface area (TPSA) is 37.4 Å². The van der Waals surface area contributed by atoms with Crippen LogP contribution in [0.5, 0.6) is 5.75 Å². The lowest BCUT2D eigenvalue weighted by Gasteiger charge is -2.28. The Hall–Kier alpha value is -2.07. The van der Waals surface area contributed by atoms with E-state index < -0.39 is 0 Å². The van der Waals surface area contributed by atoms with E-state index in [1.165, 1.54) is 43.6 Å². The maximum atomic E-state index is 5.18. The van der Waals surface area contributed by atoms with Crippen LogP contribution in [0.2, 0.25) is 0 Å². The van der Waals surface area contributed by atoms with E-state index in [0.29, 0.717) is 0 Å². The third kappa shape index (κ3) is 4.45. The summed E-state index contributed by atoms with van der Waals surface area (Å²) < 4.78 is 5.18. The van der Waals surface area contributed by atoms with Crippen molar-refractivity contribution >= 4 is 5.69 Å². The molecule has 0 bridgehead atoms. The number of hydrogen-bond acceptors (Lipinski definition) is 4. The highest BCUT2D eigenvalue weighted by Gasteiger charge is 2.11. The van der Waals surface area contributed by atoms with Gasteiger partial charge in [0.1, 0.15) is 5.75 Å². The van der Waals surface area contributed by atoms with Gasteiger partial charge in [-0.15, -0.1) is 0 Å². The molecule has 1 saturated heterocycles. The molecule has 1 aliphatic rings. The quantitative estimate of drug-likeness (QED) is 0.887. The molecule has 0 radical (unpaired) electrons. The van der Waals surface area contributed by atoms with Crippen LogP contribution < -0.4 is 15.0 Å². The van der Waals surface area contributed by atoms with Gasteiger partial charge in [0.25, 0.3) is 0 Å². The number of nitrogens with zero attached hydrogens (tertiary/aromatic N) is 2. The van der Waals surface area contributed by atoms with E-state index in [4.69, 9.17) is 4.74 Å². The lowest BCUT2D eigenvalue weighted by Crippen LogP contribution is -2.29. The molecule has 23 heavy (non-hydrogen) atoms. The second-order valence-corrected chi connectivity index (χ2v) is 6.00. The first-order valence-corrected chi connectivity index (χ1v) is 8.39. The van der Waals surface area contributed by atoms with Crippen molar-refractivity contribution in [2.45, 2.75) is 32.4 Å². The predicted molar refractivity (Wildman–Crippen MR) is 93.8 cm³/mol. The second-order valence-electron chi connectivity index (χ2n) is 6.00. The number of anilines is 1. The van der Waals surface area contributed by atoms with Gasteiger partial charge in [0.2, 0.25) is 0 Å². The SMILES string of the molecule is COc1ccc(CNCc2cc(N3CCCCC3)ccn2)cc1. The maximum Gasteiger partial charge on any atom is 0.118 e. The highest BCUT2D eigenvalue weighted by Crippen LogP contribution is 2.19. The van der Waals surface area contributed by atoms with Crippen molar-refractivity contribution in [3.05, 3.63) is 53.9 Å². The summed E-state index contributed by atoms with van der Waals surface area (Å²) in [7, 11) is 1.69. The zero-order chi connectivity index (χ0) is 15.9. The smallest absolute Gasteiger partial charge is 0.118 e. The van der Waals surface area contributed by atoms with Crippen LogP contribution >= 0.6 is 0 Å². The minimum atomic E-state index is 0.785. The van der Waals surface area contributed by atoms with Gasteiger partial charge in [-0.05, 0) is 49.1 Å². The van der Waals surface area contributed by atoms with Gasteiger partial charge in [-0.25, -0.2) is 0 Å². The van der Waals surface area contributed by atoms with Crippen LogP contribution in [0, 0.1) is 0 Å². The highest BCUT2D eigenvalue weighted by atomic mass is 16.5. The molecule has 4 heteroatoms. The first-order chi connectivity index (χ1) is 11.3. The standard InChI is InChI=1S/C19H25N3O/c1-23-19-7-5-16(6-8-19)14-20-15-17-13-18(9-10-21-17)22-11-3-2-4-12-22/h5-10,13,20H,2-4,11-12,14-15H2,1H3.